The van der Waals surface area contributed by atoms with E-state index in [9.17, 15) is 4.79 Å². The molecule has 1 atom stereocenters. The van der Waals surface area contributed by atoms with Gasteiger partial charge in [0.1, 0.15) is 0 Å². The maximum atomic E-state index is 12.4. The fourth-order valence-corrected chi connectivity index (χ4v) is 3.46. The molecule has 118 valence electrons. The second kappa shape index (κ2) is 6.00. The molecule has 1 saturated heterocycles. The number of carbonyl (C=O) groups excluding carboxylic acids is 1. The molecular formula is C16H15N3O3S. The van der Waals surface area contributed by atoms with E-state index >= 15 is 0 Å². The highest BCUT2D eigenvalue weighted by Crippen LogP contribution is 2.30. The van der Waals surface area contributed by atoms with Crippen LogP contribution in [0, 0.1) is 0 Å². The first-order valence-electron chi connectivity index (χ1n) is 7.51. The van der Waals surface area contributed by atoms with Crippen LogP contribution in [0.4, 0.5) is 0 Å². The molecule has 23 heavy (non-hydrogen) atoms. The minimum Gasteiger partial charge on any atom is -0.459 e. The molecule has 0 bridgehead atoms. The summed E-state index contributed by atoms with van der Waals surface area (Å²) >= 11 is 1.57. The van der Waals surface area contributed by atoms with Crippen LogP contribution in [0.1, 0.15) is 35.2 Å². The third kappa shape index (κ3) is 2.79. The molecule has 1 amide bonds. The summed E-state index contributed by atoms with van der Waals surface area (Å²) in [5.74, 6) is 1.51. The number of carbonyl (C=O) groups is 1. The van der Waals surface area contributed by atoms with E-state index in [1.54, 1.807) is 28.4 Å². The molecule has 4 heterocycles. The van der Waals surface area contributed by atoms with Gasteiger partial charge in [0.15, 0.2) is 5.76 Å². The molecule has 0 aliphatic carbocycles. The van der Waals surface area contributed by atoms with E-state index in [1.165, 1.54) is 6.26 Å². The van der Waals surface area contributed by atoms with Crippen LogP contribution in [0.25, 0.3) is 10.8 Å². The molecule has 0 unspecified atom stereocenters. The smallest absolute Gasteiger partial charge is 0.289 e. The molecule has 0 aromatic carbocycles. The highest BCUT2D eigenvalue weighted by Gasteiger charge is 2.30. The van der Waals surface area contributed by atoms with Crippen molar-refractivity contribution in [3.8, 4) is 10.8 Å². The van der Waals surface area contributed by atoms with Gasteiger partial charge in [-0.15, -0.1) is 21.5 Å². The van der Waals surface area contributed by atoms with Gasteiger partial charge in [-0.25, -0.2) is 0 Å². The van der Waals surface area contributed by atoms with E-state index in [-0.39, 0.29) is 11.8 Å². The van der Waals surface area contributed by atoms with Gasteiger partial charge in [-0.05, 0) is 36.4 Å². The van der Waals surface area contributed by atoms with Crippen LogP contribution >= 0.6 is 11.3 Å². The van der Waals surface area contributed by atoms with Gasteiger partial charge in [0.2, 0.25) is 5.89 Å². The average molecular weight is 329 g/mol. The Hall–Kier alpha value is -2.41. The fourth-order valence-electron chi connectivity index (χ4n) is 2.82. The number of hydrogen-bond donors (Lipinski definition) is 0. The molecule has 7 heteroatoms. The summed E-state index contributed by atoms with van der Waals surface area (Å²) in [5, 5.41) is 10.3. The highest BCUT2D eigenvalue weighted by molar-refractivity contribution is 7.13. The van der Waals surface area contributed by atoms with E-state index in [1.807, 2.05) is 17.5 Å². The Bertz CT molecular complexity index is 779. The molecule has 3 aromatic heterocycles. The highest BCUT2D eigenvalue weighted by atomic mass is 32.1. The Labute approximate surface area is 136 Å². The Morgan fingerprint density at radius 1 is 1.30 bits per heavy atom. The normalized spacial score (nSPS) is 18.3. The maximum Gasteiger partial charge on any atom is 0.289 e. The van der Waals surface area contributed by atoms with Crippen molar-refractivity contribution < 1.29 is 13.6 Å². The van der Waals surface area contributed by atoms with Crippen LogP contribution in [0.5, 0.6) is 0 Å². The number of amides is 1. The fraction of sp³-hybridized carbons (Fsp3) is 0.312. The zero-order chi connectivity index (χ0) is 15.6. The summed E-state index contributed by atoms with van der Waals surface area (Å²) in [4.78, 5) is 15.2. The lowest BCUT2D eigenvalue weighted by Crippen LogP contribution is -2.39. The van der Waals surface area contributed by atoms with Crippen molar-refractivity contribution in [3.05, 3.63) is 47.6 Å². The lowest BCUT2D eigenvalue weighted by molar-refractivity contribution is 0.0666. The number of hydrogen-bond acceptors (Lipinski definition) is 6. The molecule has 0 radical (unpaired) electrons. The molecule has 1 aliphatic rings. The minimum atomic E-state index is -0.0855. The van der Waals surface area contributed by atoms with Gasteiger partial charge < -0.3 is 13.7 Å². The van der Waals surface area contributed by atoms with Gasteiger partial charge in [0, 0.05) is 13.1 Å². The summed E-state index contributed by atoms with van der Waals surface area (Å²) in [6.07, 6.45) is 3.36. The van der Waals surface area contributed by atoms with Crippen molar-refractivity contribution in [1.82, 2.24) is 15.1 Å². The number of rotatable bonds is 3. The van der Waals surface area contributed by atoms with Crippen LogP contribution in [0.2, 0.25) is 0 Å². The quantitative estimate of drug-likeness (QED) is 0.736. The van der Waals surface area contributed by atoms with Crippen molar-refractivity contribution in [2.24, 2.45) is 0 Å². The minimum absolute atomic E-state index is 0.0730. The summed E-state index contributed by atoms with van der Waals surface area (Å²) in [6, 6.07) is 7.32. The lowest BCUT2D eigenvalue weighted by Gasteiger charge is -2.30. The van der Waals surface area contributed by atoms with Gasteiger partial charge in [0.05, 0.1) is 17.1 Å². The molecular weight excluding hydrogens is 314 g/mol. The Kier molecular flexibility index (Phi) is 3.70. The number of aromatic nitrogens is 2. The first-order valence-corrected chi connectivity index (χ1v) is 8.39. The Balaban J connectivity index is 1.50. The van der Waals surface area contributed by atoms with E-state index in [0.717, 1.165) is 24.3 Å². The second-order valence-corrected chi connectivity index (χ2v) is 6.44. The van der Waals surface area contributed by atoms with Crippen molar-refractivity contribution in [3.63, 3.8) is 0 Å². The first-order chi connectivity index (χ1) is 11.3. The molecule has 0 spiro atoms. The van der Waals surface area contributed by atoms with Crippen LogP contribution in [0.3, 0.4) is 0 Å². The number of thiophene rings is 1. The lowest BCUT2D eigenvalue weighted by atomic mass is 9.98. The molecule has 0 N–H and O–H groups in total. The molecule has 6 nitrogen and oxygen atoms in total. The van der Waals surface area contributed by atoms with Crippen LogP contribution in [0.15, 0.2) is 44.7 Å². The Morgan fingerprint density at radius 2 is 2.26 bits per heavy atom. The van der Waals surface area contributed by atoms with Gasteiger partial charge >= 0.3 is 0 Å². The number of piperidine rings is 1. The largest absolute Gasteiger partial charge is 0.459 e. The predicted molar refractivity (Wildman–Crippen MR) is 84.2 cm³/mol. The van der Waals surface area contributed by atoms with E-state index in [4.69, 9.17) is 8.83 Å². The van der Waals surface area contributed by atoms with E-state index < -0.39 is 0 Å². The van der Waals surface area contributed by atoms with E-state index in [2.05, 4.69) is 10.2 Å². The topological polar surface area (TPSA) is 72.4 Å². The van der Waals surface area contributed by atoms with Gasteiger partial charge in [-0.3, -0.25) is 4.79 Å². The van der Waals surface area contributed by atoms with Gasteiger partial charge in [-0.2, -0.15) is 0 Å². The zero-order valence-corrected chi connectivity index (χ0v) is 13.2. The average Bonchev–Trinajstić information content (AvgIpc) is 3.36. The first kappa shape index (κ1) is 14.2. The maximum absolute atomic E-state index is 12.4. The number of nitrogens with zero attached hydrogens (tertiary/aromatic N) is 3. The van der Waals surface area contributed by atoms with Crippen molar-refractivity contribution >= 4 is 17.2 Å². The number of likely N-dealkylation sites (tertiary alicyclic amines) is 1. The SMILES string of the molecule is O=C(c1ccco1)N1CCC[C@H](c2nnc(-c3cccs3)o2)C1. The molecule has 1 fully saturated rings. The molecule has 4 rings (SSSR count). The summed E-state index contributed by atoms with van der Waals surface area (Å²) in [6.45, 7) is 1.30. The standard InChI is InChI=1S/C16H15N3O3S/c20-16(12-5-2-8-21-12)19-7-1-4-11(10-19)14-17-18-15(22-14)13-6-3-9-23-13/h2-3,5-6,8-9,11H,1,4,7,10H2/t11-/m0/s1. The third-order valence-corrected chi connectivity index (χ3v) is 4.82. The predicted octanol–water partition coefficient (Wildman–Crippen LogP) is 3.41. The van der Waals surface area contributed by atoms with Crippen LogP contribution in [-0.4, -0.2) is 34.1 Å². The van der Waals surface area contributed by atoms with Gasteiger partial charge in [0.25, 0.3) is 11.8 Å². The molecule has 3 aromatic rings. The van der Waals surface area contributed by atoms with Crippen molar-refractivity contribution in [2.45, 2.75) is 18.8 Å². The van der Waals surface area contributed by atoms with Crippen LogP contribution in [-0.2, 0) is 0 Å². The number of furan rings is 1. The summed E-state index contributed by atoms with van der Waals surface area (Å²) < 4.78 is 11.0. The monoisotopic (exact) mass is 329 g/mol. The Morgan fingerprint density at radius 3 is 3.04 bits per heavy atom. The van der Waals surface area contributed by atoms with Crippen molar-refractivity contribution in [2.75, 3.05) is 13.1 Å². The summed E-state index contributed by atoms with van der Waals surface area (Å²) in [7, 11) is 0. The summed E-state index contributed by atoms with van der Waals surface area (Å²) in [5.41, 5.74) is 0. The second-order valence-electron chi connectivity index (χ2n) is 5.49. The zero-order valence-electron chi connectivity index (χ0n) is 12.3. The van der Waals surface area contributed by atoms with Gasteiger partial charge in [-0.1, -0.05) is 6.07 Å². The molecule has 0 saturated carbocycles. The molecule has 1 aliphatic heterocycles. The third-order valence-electron chi connectivity index (χ3n) is 3.96. The van der Waals surface area contributed by atoms with Crippen molar-refractivity contribution in [1.29, 1.82) is 0 Å². The van der Waals surface area contributed by atoms with Crippen LogP contribution < -0.4 is 0 Å². The van der Waals surface area contributed by atoms with E-state index in [0.29, 0.717) is 24.1 Å².